The van der Waals surface area contributed by atoms with E-state index in [1.807, 2.05) is 76.6 Å². The normalized spacial score (nSPS) is 31.8. The van der Waals surface area contributed by atoms with Gasteiger partial charge in [0.2, 0.25) is 0 Å². The Morgan fingerprint density at radius 1 is 0.621 bits per heavy atom. The number of aliphatic hydroxyl groups is 4. The number of carbonyl (C=O) groups excluding carboxylic acids is 4. The summed E-state index contributed by atoms with van der Waals surface area (Å²) in [6.07, 6.45) is 12.6. The summed E-state index contributed by atoms with van der Waals surface area (Å²) in [5, 5.41) is 48.8. The summed E-state index contributed by atoms with van der Waals surface area (Å²) in [6.45, 7) is 21.5. The number of esters is 2. The molecule has 0 aliphatic carbocycles. The molecule has 10 atom stereocenters. The fourth-order valence-corrected chi connectivity index (χ4v) is 9.51. The molecule has 2 aliphatic rings. The number of cyclic esters (lactones) is 2. The van der Waals surface area contributed by atoms with Crippen LogP contribution >= 0.6 is 22.7 Å². The second-order valence-electron chi connectivity index (χ2n) is 19.7. The number of hydrogen-bond donors (Lipinski definition) is 4. The van der Waals surface area contributed by atoms with Gasteiger partial charge in [0.25, 0.3) is 0 Å². The van der Waals surface area contributed by atoms with Gasteiger partial charge in [-0.3, -0.25) is 19.2 Å². The number of carbonyl (C=O) groups is 4. The lowest BCUT2D eigenvalue weighted by Crippen LogP contribution is -2.45. The second-order valence-corrected chi connectivity index (χ2v) is 21.8. The molecule has 2 aliphatic heterocycles. The Morgan fingerprint density at radius 2 is 0.970 bits per heavy atom. The predicted octanol–water partition coefficient (Wildman–Crippen LogP) is 9.75. The monoisotopic (exact) mass is 955 g/mol. The van der Waals surface area contributed by atoms with Gasteiger partial charge in [-0.15, -0.1) is 22.7 Å². The number of allylic oxidation sites excluding steroid dienone is 2. The minimum Gasteiger partial charge on any atom is -0.457 e. The second kappa shape index (κ2) is 26.2. The number of rotatable bonds is 4. The third-order valence-electron chi connectivity index (χ3n) is 13.4. The van der Waals surface area contributed by atoms with E-state index in [2.05, 4.69) is 22.1 Å². The zero-order valence-corrected chi connectivity index (χ0v) is 43.0. The number of aryl methyl sites for hydroxylation is 2. The van der Waals surface area contributed by atoms with Gasteiger partial charge in [0.1, 0.15) is 23.8 Å². The Hall–Kier alpha value is -3.66. The SMILES string of the molecule is C/C(=C\c1csc(C)n1)[C@@H]1C/C=C\CCC[C@H](C)[C@@H](O)[C@H](C)C(=O)C(C)(C)[C@@H](O)CC(=O)O1.C/C(=C\c1csc(C)n1)[C@@H]1C/C=C\CCC[C@H](C)[C@H](O)[C@@H](C)C(=O)C(C)(C)[C@@H](O)CC(=O)O1. The van der Waals surface area contributed by atoms with E-state index in [1.54, 1.807) is 64.2 Å². The summed E-state index contributed by atoms with van der Waals surface area (Å²) in [6, 6.07) is 0. The van der Waals surface area contributed by atoms with Crippen LogP contribution in [0.1, 0.15) is 155 Å². The van der Waals surface area contributed by atoms with Gasteiger partial charge in [-0.05, 0) is 101 Å². The van der Waals surface area contributed by atoms with Crippen molar-refractivity contribution in [3.05, 3.63) is 67.6 Å². The number of ketones is 2. The number of aliphatic hydroxyl groups excluding tert-OH is 4. The molecule has 4 heterocycles. The van der Waals surface area contributed by atoms with Crippen LogP contribution in [0.5, 0.6) is 0 Å². The van der Waals surface area contributed by atoms with Crippen molar-refractivity contribution in [2.24, 2.45) is 34.5 Å². The van der Waals surface area contributed by atoms with Crippen LogP contribution < -0.4 is 0 Å². The molecular formula is C52H78N2O10S2. The van der Waals surface area contributed by atoms with E-state index in [0.717, 1.165) is 71.1 Å². The molecule has 0 fully saturated rings. The van der Waals surface area contributed by atoms with Crippen LogP contribution in [-0.4, -0.2) is 90.5 Å². The van der Waals surface area contributed by atoms with Crippen molar-refractivity contribution >= 4 is 58.3 Å². The summed E-state index contributed by atoms with van der Waals surface area (Å²) < 4.78 is 11.5. The maximum Gasteiger partial charge on any atom is 0.309 e. The van der Waals surface area contributed by atoms with E-state index in [-0.39, 0.29) is 36.2 Å². The summed E-state index contributed by atoms with van der Waals surface area (Å²) in [5.41, 5.74) is 1.03. The van der Waals surface area contributed by atoms with Crippen LogP contribution in [0.25, 0.3) is 12.2 Å². The predicted molar refractivity (Wildman–Crippen MR) is 263 cm³/mol. The maximum absolute atomic E-state index is 13.1. The van der Waals surface area contributed by atoms with Crippen molar-refractivity contribution in [2.75, 3.05) is 0 Å². The highest BCUT2D eigenvalue weighted by molar-refractivity contribution is 7.09. The van der Waals surface area contributed by atoms with Gasteiger partial charge in [0.05, 0.1) is 69.5 Å². The van der Waals surface area contributed by atoms with Crippen LogP contribution in [0.15, 0.2) is 46.2 Å². The molecule has 4 rings (SSSR count). The summed E-state index contributed by atoms with van der Waals surface area (Å²) in [7, 11) is 0. The Morgan fingerprint density at radius 3 is 1.29 bits per heavy atom. The Balaban J connectivity index is 0.000000350. The lowest BCUT2D eigenvalue weighted by Gasteiger charge is -2.34. The largest absolute Gasteiger partial charge is 0.457 e. The van der Waals surface area contributed by atoms with Gasteiger partial charge >= 0.3 is 11.9 Å². The minimum absolute atomic E-state index is 0.0392. The number of aromatic nitrogens is 2. The summed E-state index contributed by atoms with van der Waals surface area (Å²) >= 11 is 3.12. The van der Waals surface area contributed by atoms with Gasteiger partial charge in [0.15, 0.2) is 0 Å². The average molecular weight is 955 g/mol. The summed E-state index contributed by atoms with van der Waals surface area (Å²) in [5.74, 6) is -2.96. The molecule has 0 bridgehead atoms. The third kappa shape index (κ3) is 16.8. The van der Waals surface area contributed by atoms with Crippen molar-refractivity contribution in [1.29, 1.82) is 0 Å². The van der Waals surface area contributed by atoms with Crippen molar-refractivity contribution in [1.82, 2.24) is 9.97 Å². The molecule has 66 heavy (non-hydrogen) atoms. The number of Topliss-reactive ketones (excluding diaryl/α,β-unsaturated/α-hetero) is 2. The van der Waals surface area contributed by atoms with Crippen LogP contribution in [0.3, 0.4) is 0 Å². The maximum atomic E-state index is 13.1. The molecule has 2 aromatic heterocycles. The van der Waals surface area contributed by atoms with E-state index >= 15 is 0 Å². The molecule has 0 spiro atoms. The van der Waals surface area contributed by atoms with Gasteiger partial charge < -0.3 is 29.9 Å². The molecule has 0 unspecified atom stereocenters. The lowest BCUT2D eigenvalue weighted by atomic mass is 9.73. The number of nitrogens with zero attached hydrogens (tertiary/aromatic N) is 2. The molecular weight excluding hydrogens is 877 g/mol. The van der Waals surface area contributed by atoms with Gasteiger partial charge in [-0.1, -0.05) is 79.7 Å². The van der Waals surface area contributed by atoms with Crippen molar-refractivity contribution in [3.63, 3.8) is 0 Å². The summed E-state index contributed by atoms with van der Waals surface area (Å²) in [4.78, 5) is 60.6. The van der Waals surface area contributed by atoms with E-state index in [4.69, 9.17) is 9.47 Å². The highest BCUT2D eigenvalue weighted by atomic mass is 32.1. The fourth-order valence-electron chi connectivity index (χ4n) is 8.37. The topological polar surface area (TPSA) is 193 Å². The molecule has 2 aromatic rings. The molecule has 0 saturated carbocycles. The first-order chi connectivity index (χ1) is 30.9. The Labute approximate surface area is 401 Å². The fraction of sp³-hybridized carbons (Fsp3) is 0.654. The van der Waals surface area contributed by atoms with E-state index in [0.29, 0.717) is 12.8 Å². The van der Waals surface area contributed by atoms with Crippen LogP contribution in [0.4, 0.5) is 0 Å². The lowest BCUT2D eigenvalue weighted by molar-refractivity contribution is -0.155. The number of ether oxygens (including phenoxy) is 2. The first-order valence-electron chi connectivity index (χ1n) is 23.6. The molecule has 14 heteroatoms. The minimum atomic E-state index is -1.21. The highest BCUT2D eigenvalue weighted by Gasteiger charge is 2.44. The van der Waals surface area contributed by atoms with Crippen LogP contribution in [0.2, 0.25) is 0 Å². The Bertz CT molecular complexity index is 1890. The molecule has 0 aromatic carbocycles. The smallest absolute Gasteiger partial charge is 0.309 e. The zero-order chi connectivity index (χ0) is 49.5. The number of hydrogen-bond acceptors (Lipinski definition) is 14. The molecule has 4 N–H and O–H groups in total. The van der Waals surface area contributed by atoms with Gasteiger partial charge in [0, 0.05) is 35.4 Å². The van der Waals surface area contributed by atoms with Crippen LogP contribution in [-0.2, 0) is 28.7 Å². The first kappa shape index (κ1) is 56.7. The van der Waals surface area contributed by atoms with E-state index in [1.165, 1.54) is 0 Å². The van der Waals surface area contributed by atoms with Crippen molar-refractivity contribution in [2.45, 2.75) is 184 Å². The standard InChI is InChI=1S/2C26H39NO5S/c2*1-16-11-9-7-8-10-12-21(17(2)13-20-15-33-19(4)27-20)32-23(29)14-22(28)26(5,6)25(31)18(3)24(16)30/h2*8,10,13,15-16,18,21-22,24,28,30H,7,9,11-12,14H2,1-6H3/b2*10-8-,17-13+/t16-,18+,21-,22-,24-;16-,18-,21-,22-,24+/m00/s1. The zero-order valence-electron chi connectivity index (χ0n) is 41.4. The van der Waals surface area contributed by atoms with Crippen molar-refractivity contribution < 1.29 is 49.1 Å². The number of thiazole rings is 2. The van der Waals surface area contributed by atoms with E-state index in [9.17, 15) is 39.6 Å². The average Bonchev–Trinajstić information content (AvgIpc) is 3.87. The molecule has 0 amide bonds. The Kier molecular flexibility index (Phi) is 22.5. The first-order valence-corrected chi connectivity index (χ1v) is 25.3. The van der Waals surface area contributed by atoms with E-state index < -0.39 is 71.2 Å². The third-order valence-corrected chi connectivity index (χ3v) is 14.9. The van der Waals surface area contributed by atoms with Gasteiger partial charge in [-0.25, -0.2) is 9.97 Å². The van der Waals surface area contributed by atoms with Gasteiger partial charge in [-0.2, -0.15) is 0 Å². The highest BCUT2D eigenvalue weighted by Crippen LogP contribution is 2.34. The van der Waals surface area contributed by atoms with Crippen LogP contribution in [0, 0.1) is 48.3 Å². The van der Waals surface area contributed by atoms with Crippen molar-refractivity contribution in [3.8, 4) is 0 Å². The molecule has 0 saturated heterocycles. The molecule has 12 nitrogen and oxygen atoms in total. The molecule has 0 radical (unpaired) electrons. The molecule has 368 valence electrons. The quantitative estimate of drug-likeness (QED) is 0.168.